The molecule has 0 radical (unpaired) electrons. The Hall–Kier alpha value is -2.67. The van der Waals surface area contributed by atoms with E-state index in [2.05, 4.69) is 20.3 Å². The molecule has 128 valence electrons. The summed E-state index contributed by atoms with van der Waals surface area (Å²) in [5.41, 5.74) is 1.54. The zero-order chi connectivity index (χ0) is 17.6. The zero-order valence-electron chi connectivity index (χ0n) is 13.7. The van der Waals surface area contributed by atoms with Crippen LogP contribution in [0.2, 0.25) is 0 Å². The van der Waals surface area contributed by atoms with Crippen molar-refractivity contribution in [3.05, 3.63) is 48.8 Å². The van der Waals surface area contributed by atoms with Crippen molar-refractivity contribution in [2.75, 3.05) is 17.3 Å². The number of aliphatic carboxylic acids is 1. The number of fused-ring (bicyclic) bond motifs is 1. The summed E-state index contributed by atoms with van der Waals surface area (Å²) in [4.78, 5) is 24.8. The molecule has 1 unspecified atom stereocenters. The van der Waals surface area contributed by atoms with Crippen LogP contribution in [0.5, 0.6) is 0 Å². The van der Waals surface area contributed by atoms with E-state index in [9.17, 15) is 9.90 Å². The molecule has 2 N–H and O–H groups in total. The second-order valence-corrected chi connectivity index (χ2v) is 6.46. The van der Waals surface area contributed by atoms with Crippen LogP contribution in [0.3, 0.4) is 0 Å². The molecule has 0 bridgehead atoms. The molecule has 7 heteroatoms. The minimum atomic E-state index is -0.889. The monoisotopic (exact) mass is 354 g/mol. The number of benzene rings is 1. The maximum Gasteiger partial charge on any atom is 0.326 e. The van der Waals surface area contributed by atoms with Crippen molar-refractivity contribution in [1.82, 2.24) is 15.0 Å². The number of carbonyl (C=O) groups is 1. The van der Waals surface area contributed by atoms with E-state index in [1.54, 1.807) is 24.2 Å². The molecule has 0 spiro atoms. The van der Waals surface area contributed by atoms with Gasteiger partial charge in [-0.05, 0) is 42.7 Å². The largest absolute Gasteiger partial charge is 0.480 e. The number of hydrogen-bond donors (Lipinski definition) is 2. The van der Waals surface area contributed by atoms with Crippen molar-refractivity contribution >= 4 is 34.5 Å². The lowest BCUT2D eigenvalue weighted by molar-refractivity contribution is -0.137. The third-order valence-electron chi connectivity index (χ3n) is 3.74. The number of nitrogens with one attached hydrogen (secondary N) is 1. The SMILES string of the molecule is CSCCC(Nc1nc(-c2cccnc2)nc2ccccc12)C(=O)O. The van der Waals surface area contributed by atoms with Crippen LogP contribution in [0.15, 0.2) is 48.8 Å². The van der Waals surface area contributed by atoms with Crippen molar-refractivity contribution in [2.24, 2.45) is 0 Å². The average Bonchev–Trinajstić information content (AvgIpc) is 2.65. The lowest BCUT2D eigenvalue weighted by Crippen LogP contribution is -2.30. The van der Waals surface area contributed by atoms with Gasteiger partial charge in [0.15, 0.2) is 5.82 Å². The van der Waals surface area contributed by atoms with Crippen molar-refractivity contribution in [3.63, 3.8) is 0 Å². The Morgan fingerprint density at radius 2 is 2.08 bits per heavy atom. The van der Waals surface area contributed by atoms with Gasteiger partial charge in [0.1, 0.15) is 11.9 Å². The van der Waals surface area contributed by atoms with Gasteiger partial charge in [-0.25, -0.2) is 14.8 Å². The summed E-state index contributed by atoms with van der Waals surface area (Å²) in [7, 11) is 0. The van der Waals surface area contributed by atoms with E-state index in [1.807, 2.05) is 42.7 Å². The first-order chi connectivity index (χ1) is 12.2. The van der Waals surface area contributed by atoms with E-state index < -0.39 is 12.0 Å². The molecule has 0 amide bonds. The Bertz CT molecular complexity index is 873. The minimum Gasteiger partial charge on any atom is -0.480 e. The summed E-state index contributed by atoms with van der Waals surface area (Å²) < 4.78 is 0. The number of pyridine rings is 1. The Balaban J connectivity index is 2.04. The van der Waals surface area contributed by atoms with Gasteiger partial charge in [-0.3, -0.25) is 4.98 Å². The number of nitrogens with zero attached hydrogens (tertiary/aromatic N) is 3. The number of hydrogen-bond acceptors (Lipinski definition) is 6. The number of aromatic nitrogens is 3. The summed E-state index contributed by atoms with van der Waals surface area (Å²) in [6.45, 7) is 0. The Labute approximate surface area is 149 Å². The van der Waals surface area contributed by atoms with Crippen LogP contribution in [0.1, 0.15) is 6.42 Å². The van der Waals surface area contributed by atoms with Gasteiger partial charge in [0.2, 0.25) is 0 Å². The van der Waals surface area contributed by atoms with Gasteiger partial charge < -0.3 is 10.4 Å². The van der Waals surface area contributed by atoms with E-state index >= 15 is 0 Å². The zero-order valence-corrected chi connectivity index (χ0v) is 14.5. The minimum absolute atomic E-state index is 0.511. The quantitative estimate of drug-likeness (QED) is 0.673. The van der Waals surface area contributed by atoms with Gasteiger partial charge in [0.05, 0.1) is 5.52 Å². The maximum atomic E-state index is 11.6. The highest BCUT2D eigenvalue weighted by molar-refractivity contribution is 7.98. The number of carboxylic acid groups (broad SMARTS) is 1. The van der Waals surface area contributed by atoms with Crippen molar-refractivity contribution < 1.29 is 9.90 Å². The third kappa shape index (κ3) is 4.06. The number of anilines is 1. The Morgan fingerprint density at radius 1 is 1.24 bits per heavy atom. The summed E-state index contributed by atoms with van der Waals surface area (Å²) in [6.07, 6.45) is 5.85. The molecule has 0 aliphatic rings. The predicted molar refractivity (Wildman–Crippen MR) is 101 cm³/mol. The molecule has 1 atom stereocenters. The van der Waals surface area contributed by atoms with Crippen LogP contribution >= 0.6 is 11.8 Å². The standard InChI is InChI=1S/C18H18N4O2S/c1-25-10-8-15(18(23)24)21-17-13-6-2-3-7-14(13)20-16(22-17)12-5-4-9-19-11-12/h2-7,9,11,15H,8,10H2,1H3,(H,23,24)(H,20,21,22). The average molecular weight is 354 g/mol. The molecule has 3 aromatic rings. The van der Waals surface area contributed by atoms with Crippen molar-refractivity contribution in [2.45, 2.75) is 12.5 Å². The smallest absolute Gasteiger partial charge is 0.326 e. The fourth-order valence-corrected chi connectivity index (χ4v) is 2.94. The topological polar surface area (TPSA) is 88.0 Å². The van der Waals surface area contributed by atoms with Crippen LogP contribution in [-0.4, -0.2) is 44.1 Å². The second-order valence-electron chi connectivity index (χ2n) is 5.47. The number of carboxylic acids is 1. The van der Waals surface area contributed by atoms with Gasteiger partial charge in [-0.15, -0.1) is 0 Å². The van der Waals surface area contributed by atoms with Gasteiger partial charge >= 0.3 is 5.97 Å². The van der Waals surface area contributed by atoms with Crippen LogP contribution in [0.25, 0.3) is 22.3 Å². The lowest BCUT2D eigenvalue weighted by atomic mass is 10.1. The van der Waals surface area contributed by atoms with Crippen LogP contribution in [0.4, 0.5) is 5.82 Å². The van der Waals surface area contributed by atoms with Gasteiger partial charge in [-0.1, -0.05) is 12.1 Å². The summed E-state index contributed by atoms with van der Waals surface area (Å²) in [5.74, 6) is 0.906. The van der Waals surface area contributed by atoms with E-state index in [4.69, 9.17) is 0 Å². The molecule has 6 nitrogen and oxygen atoms in total. The van der Waals surface area contributed by atoms with Gasteiger partial charge in [0, 0.05) is 23.3 Å². The highest BCUT2D eigenvalue weighted by Gasteiger charge is 2.19. The van der Waals surface area contributed by atoms with E-state index in [1.165, 1.54) is 0 Å². The molecule has 0 aliphatic carbocycles. The first-order valence-electron chi connectivity index (χ1n) is 7.84. The molecule has 25 heavy (non-hydrogen) atoms. The van der Waals surface area contributed by atoms with E-state index in [-0.39, 0.29) is 0 Å². The van der Waals surface area contributed by atoms with Crippen LogP contribution < -0.4 is 5.32 Å². The highest BCUT2D eigenvalue weighted by Crippen LogP contribution is 2.25. The summed E-state index contributed by atoms with van der Waals surface area (Å²) in [5, 5.41) is 13.4. The summed E-state index contributed by atoms with van der Waals surface area (Å²) in [6, 6.07) is 10.6. The van der Waals surface area contributed by atoms with Gasteiger partial charge in [0.25, 0.3) is 0 Å². The van der Waals surface area contributed by atoms with Crippen molar-refractivity contribution in [1.29, 1.82) is 0 Å². The normalized spacial score (nSPS) is 12.0. The van der Waals surface area contributed by atoms with Crippen LogP contribution in [-0.2, 0) is 4.79 Å². The third-order valence-corrected chi connectivity index (χ3v) is 4.39. The Kier molecular flexibility index (Phi) is 5.45. The molecule has 3 rings (SSSR count). The first kappa shape index (κ1) is 17.2. The molecule has 0 fully saturated rings. The fraction of sp³-hybridized carbons (Fsp3) is 0.222. The molecule has 0 aliphatic heterocycles. The highest BCUT2D eigenvalue weighted by atomic mass is 32.2. The molecule has 2 aromatic heterocycles. The molecular formula is C18H18N4O2S. The van der Waals surface area contributed by atoms with E-state index in [0.717, 1.165) is 22.2 Å². The van der Waals surface area contributed by atoms with Gasteiger partial charge in [-0.2, -0.15) is 11.8 Å². The second kappa shape index (κ2) is 7.94. The molecular weight excluding hydrogens is 336 g/mol. The number of thioether (sulfide) groups is 1. The number of para-hydroxylation sites is 1. The first-order valence-corrected chi connectivity index (χ1v) is 9.24. The molecule has 0 saturated carbocycles. The van der Waals surface area contributed by atoms with Crippen molar-refractivity contribution in [3.8, 4) is 11.4 Å². The number of rotatable bonds is 7. The Morgan fingerprint density at radius 3 is 2.80 bits per heavy atom. The predicted octanol–water partition coefficient (Wildman–Crippen LogP) is 3.31. The lowest BCUT2D eigenvalue weighted by Gasteiger charge is -2.16. The molecule has 2 heterocycles. The maximum absolute atomic E-state index is 11.6. The van der Waals surface area contributed by atoms with E-state index in [0.29, 0.717) is 18.1 Å². The fourth-order valence-electron chi connectivity index (χ4n) is 2.47. The summed E-state index contributed by atoms with van der Waals surface area (Å²) >= 11 is 1.62. The van der Waals surface area contributed by atoms with Crippen LogP contribution in [0, 0.1) is 0 Å². The molecule has 1 aromatic carbocycles. The molecule has 0 saturated heterocycles.